The molecule has 286 valence electrons. The van der Waals surface area contributed by atoms with E-state index in [1.165, 1.54) is 116 Å². The number of carbonyl (C=O) groups excluding carboxylic acids is 2. The second-order valence-electron chi connectivity index (χ2n) is 14.0. The number of rotatable bonds is 37. The number of allylic oxidation sites excluding steroid dienone is 3. The number of hydrogen-bond acceptors (Lipinski definition) is 5. The molecule has 49 heavy (non-hydrogen) atoms. The van der Waals surface area contributed by atoms with E-state index in [0.29, 0.717) is 38.6 Å². The van der Waals surface area contributed by atoms with Crippen molar-refractivity contribution < 1.29 is 24.2 Å². The summed E-state index contributed by atoms with van der Waals surface area (Å²) in [6, 6.07) is -0.869. The molecule has 0 fully saturated rings. The van der Waals surface area contributed by atoms with Crippen LogP contribution in [0.25, 0.3) is 0 Å². The van der Waals surface area contributed by atoms with E-state index in [1.54, 1.807) is 0 Å². The van der Waals surface area contributed by atoms with Crippen LogP contribution in [0.3, 0.4) is 0 Å². The SMILES string of the molecule is CCCCCCCC/C=C\C(CCCCCCC(=O)NC(CCCN)C(=O)O)OC(=O)CCCCCCC/C=C\CCCCCCCCC. The first-order chi connectivity index (χ1) is 23.9. The fraction of sp³-hybridized carbons (Fsp3) is 0.833. The van der Waals surface area contributed by atoms with Crippen LogP contribution in [0.15, 0.2) is 24.3 Å². The van der Waals surface area contributed by atoms with E-state index in [2.05, 4.69) is 43.5 Å². The molecule has 7 nitrogen and oxygen atoms in total. The number of ether oxygens (including phenoxy) is 1. The van der Waals surface area contributed by atoms with Crippen LogP contribution in [0, 0.1) is 0 Å². The molecule has 4 N–H and O–H groups in total. The number of nitrogens with two attached hydrogens (primary N) is 1. The van der Waals surface area contributed by atoms with E-state index in [-0.39, 0.29) is 18.0 Å². The van der Waals surface area contributed by atoms with Crippen LogP contribution < -0.4 is 11.1 Å². The molecule has 0 bridgehead atoms. The highest BCUT2D eigenvalue weighted by atomic mass is 16.5. The van der Waals surface area contributed by atoms with Crippen LogP contribution in [0.5, 0.6) is 0 Å². The van der Waals surface area contributed by atoms with Gasteiger partial charge in [0.2, 0.25) is 5.91 Å². The lowest BCUT2D eigenvalue weighted by Gasteiger charge is -2.15. The van der Waals surface area contributed by atoms with Gasteiger partial charge in [0.05, 0.1) is 0 Å². The first kappa shape index (κ1) is 46.9. The number of amides is 1. The Kier molecular flexibility index (Phi) is 35.5. The standard InChI is InChI=1S/C42H78N2O5/c1-3-5-7-9-11-13-14-15-16-17-18-19-20-22-24-30-36-41(46)49-38(32-27-23-21-12-10-8-6-4-2)33-28-25-26-29-35-40(45)44-39(42(47)48)34-31-37-43/h16-17,27,32,38-39H,3-15,18-26,28-31,33-37,43H2,1-2H3,(H,44,45)(H,47,48)/b17-16-,32-27-. The van der Waals surface area contributed by atoms with Gasteiger partial charge >= 0.3 is 11.9 Å². The lowest BCUT2D eigenvalue weighted by atomic mass is 10.1. The number of esters is 1. The number of carboxylic acids is 1. The van der Waals surface area contributed by atoms with Gasteiger partial charge in [-0.1, -0.05) is 135 Å². The molecule has 1 amide bonds. The molecule has 0 heterocycles. The summed E-state index contributed by atoms with van der Waals surface area (Å²) in [5.74, 6) is -1.33. The van der Waals surface area contributed by atoms with Crippen LogP contribution in [0.1, 0.15) is 206 Å². The van der Waals surface area contributed by atoms with Gasteiger partial charge in [-0.2, -0.15) is 0 Å². The molecule has 0 radical (unpaired) electrons. The molecule has 0 saturated carbocycles. The Hall–Kier alpha value is -2.15. The van der Waals surface area contributed by atoms with Gasteiger partial charge in [-0.25, -0.2) is 4.79 Å². The van der Waals surface area contributed by atoms with Crippen molar-refractivity contribution in [2.45, 2.75) is 219 Å². The summed E-state index contributed by atoms with van der Waals surface area (Å²) in [5.41, 5.74) is 5.48. The second-order valence-corrected chi connectivity index (χ2v) is 14.0. The fourth-order valence-corrected chi connectivity index (χ4v) is 6.06. The van der Waals surface area contributed by atoms with E-state index in [0.717, 1.165) is 44.9 Å². The maximum Gasteiger partial charge on any atom is 0.326 e. The minimum Gasteiger partial charge on any atom is -0.480 e. The highest BCUT2D eigenvalue weighted by molar-refractivity contribution is 5.83. The third-order valence-corrected chi connectivity index (χ3v) is 9.22. The van der Waals surface area contributed by atoms with Crippen LogP contribution in [0.2, 0.25) is 0 Å². The van der Waals surface area contributed by atoms with Crippen LogP contribution in [-0.2, 0) is 19.1 Å². The molecule has 0 aromatic heterocycles. The lowest BCUT2D eigenvalue weighted by molar-refractivity contribution is -0.147. The predicted molar refractivity (Wildman–Crippen MR) is 207 cm³/mol. The van der Waals surface area contributed by atoms with E-state index in [4.69, 9.17) is 10.5 Å². The summed E-state index contributed by atoms with van der Waals surface area (Å²) < 4.78 is 5.91. The molecule has 0 rings (SSSR count). The molecular weight excluding hydrogens is 612 g/mol. The second kappa shape index (κ2) is 37.1. The van der Waals surface area contributed by atoms with Crippen molar-refractivity contribution in [3.05, 3.63) is 24.3 Å². The third kappa shape index (κ3) is 34.1. The lowest BCUT2D eigenvalue weighted by Crippen LogP contribution is -2.40. The average Bonchev–Trinajstić information content (AvgIpc) is 3.08. The first-order valence-corrected chi connectivity index (χ1v) is 20.7. The maximum atomic E-state index is 12.7. The number of carboxylic acid groups (broad SMARTS) is 1. The van der Waals surface area contributed by atoms with Crippen molar-refractivity contribution in [1.29, 1.82) is 0 Å². The van der Waals surface area contributed by atoms with Crippen molar-refractivity contribution in [1.82, 2.24) is 5.32 Å². The molecule has 0 spiro atoms. The zero-order valence-electron chi connectivity index (χ0n) is 32.0. The zero-order chi connectivity index (χ0) is 36.0. The van der Waals surface area contributed by atoms with E-state index in [9.17, 15) is 19.5 Å². The quantitative estimate of drug-likeness (QED) is 0.0339. The summed E-state index contributed by atoms with van der Waals surface area (Å²) >= 11 is 0. The minimum atomic E-state index is -1.01. The largest absolute Gasteiger partial charge is 0.480 e. The van der Waals surface area contributed by atoms with Gasteiger partial charge in [0.15, 0.2) is 0 Å². The Labute approximate surface area is 302 Å². The highest BCUT2D eigenvalue weighted by Crippen LogP contribution is 2.15. The Morgan fingerprint density at radius 1 is 0.592 bits per heavy atom. The van der Waals surface area contributed by atoms with Crippen molar-refractivity contribution in [3.8, 4) is 0 Å². The monoisotopic (exact) mass is 691 g/mol. The zero-order valence-corrected chi connectivity index (χ0v) is 32.0. The topological polar surface area (TPSA) is 119 Å². The number of carbonyl (C=O) groups is 3. The Morgan fingerprint density at radius 3 is 1.59 bits per heavy atom. The summed E-state index contributed by atoms with van der Waals surface area (Å²) in [7, 11) is 0. The smallest absolute Gasteiger partial charge is 0.326 e. The highest BCUT2D eigenvalue weighted by Gasteiger charge is 2.19. The van der Waals surface area contributed by atoms with E-state index < -0.39 is 12.0 Å². The predicted octanol–water partition coefficient (Wildman–Crippen LogP) is 11.3. The third-order valence-electron chi connectivity index (χ3n) is 9.22. The molecule has 2 atom stereocenters. The number of hydrogen-bond donors (Lipinski definition) is 3. The summed E-state index contributed by atoms with van der Waals surface area (Å²) in [5, 5.41) is 11.9. The summed E-state index contributed by atoms with van der Waals surface area (Å²) in [4.78, 5) is 36.2. The van der Waals surface area contributed by atoms with Crippen LogP contribution in [-0.4, -0.2) is 41.6 Å². The Bertz CT molecular complexity index is 828. The van der Waals surface area contributed by atoms with Gasteiger partial charge in [-0.15, -0.1) is 0 Å². The normalized spacial score (nSPS) is 12.9. The molecule has 7 heteroatoms. The Morgan fingerprint density at radius 2 is 1.06 bits per heavy atom. The van der Waals surface area contributed by atoms with Gasteiger partial charge in [-0.05, 0) is 89.7 Å². The fourth-order valence-electron chi connectivity index (χ4n) is 6.06. The van der Waals surface area contributed by atoms with Crippen LogP contribution in [0.4, 0.5) is 0 Å². The van der Waals surface area contributed by atoms with Crippen molar-refractivity contribution in [3.63, 3.8) is 0 Å². The van der Waals surface area contributed by atoms with Crippen molar-refractivity contribution >= 4 is 17.8 Å². The molecule has 0 aliphatic rings. The molecule has 0 saturated heterocycles. The van der Waals surface area contributed by atoms with Crippen molar-refractivity contribution in [2.75, 3.05) is 6.54 Å². The molecule has 0 aromatic carbocycles. The Balaban J connectivity index is 4.27. The van der Waals surface area contributed by atoms with Crippen molar-refractivity contribution in [2.24, 2.45) is 5.73 Å². The molecule has 0 aliphatic carbocycles. The molecule has 0 aromatic rings. The van der Waals surface area contributed by atoms with Gasteiger partial charge in [0.1, 0.15) is 12.1 Å². The molecular formula is C42H78N2O5. The number of unbranched alkanes of at least 4 members (excludes halogenated alkanes) is 21. The first-order valence-electron chi connectivity index (χ1n) is 20.7. The van der Waals surface area contributed by atoms with Gasteiger partial charge in [0.25, 0.3) is 0 Å². The van der Waals surface area contributed by atoms with E-state index >= 15 is 0 Å². The number of aliphatic carboxylic acids is 1. The van der Waals surface area contributed by atoms with Gasteiger partial charge in [0, 0.05) is 12.8 Å². The van der Waals surface area contributed by atoms with E-state index in [1.807, 2.05) is 0 Å². The molecule has 0 aliphatic heterocycles. The van der Waals surface area contributed by atoms with Gasteiger partial charge < -0.3 is 20.9 Å². The maximum absolute atomic E-state index is 12.7. The average molecular weight is 691 g/mol. The summed E-state index contributed by atoms with van der Waals surface area (Å²) in [6.45, 7) is 4.91. The summed E-state index contributed by atoms with van der Waals surface area (Å²) in [6.07, 6.45) is 40.9. The molecule has 2 unspecified atom stereocenters. The van der Waals surface area contributed by atoms with Crippen LogP contribution >= 0.6 is 0 Å². The number of nitrogens with one attached hydrogen (secondary N) is 1. The minimum absolute atomic E-state index is 0.0956. The van der Waals surface area contributed by atoms with Gasteiger partial charge in [-0.3, -0.25) is 9.59 Å².